The Morgan fingerprint density at radius 3 is 2.22 bits per heavy atom. The number of hydrogen-bond acceptors (Lipinski definition) is 1. The minimum absolute atomic E-state index is 0. The molecule has 0 atom stereocenters. The molecule has 0 aliphatic rings. The molecule has 9 heavy (non-hydrogen) atoms. The van der Waals surface area contributed by atoms with E-state index >= 15 is 0 Å². The average molecular weight is 183 g/mol. The second-order valence-corrected chi connectivity index (χ2v) is 1.91. The molecule has 0 saturated heterocycles. The van der Waals surface area contributed by atoms with Gasteiger partial charge in [-0.2, -0.15) is 0 Å². The van der Waals surface area contributed by atoms with Gasteiger partial charge in [0.15, 0.2) is 0 Å². The number of rotatable bonds is 1. The molecule has 0 aliphatic heterocycles. The molecular weight excluding hydrogens is 176 g/mol. The predicted octanol–water partition coefficient (Wildman–Crippen LogP) is -1.87. The fourth-order valence-corrected chi connectivity index (χ4v) is 0.750. The average Bonchev–Trinajstić information content (AvgIpc) is 1.90. The van der Waals surface area contributed by atoms with Crippen molar-refractivity contribution < 1.29 is 28.4 Å². The molecule has 49 valence electrons. The van der Waals surface area contributed by atoms with Crippen molar-refractivity contribution in [1.29, 1.82) is 0 Å². The fraction of sp³-hybridized carbons (Fsp3) is 0.167. The maximum atomic E-state index is 3.87. The van der Waals surface area contributed by atoms with Crippen LogP contribution in [0.25, 0.3) is 0 Å². The van der Waals surface area contributed by atoms with E-state index in [1.54, 1.807) is 12.4 Å². The number of nitrogens with zero attached hydrogens (tertiary/aromatic N) is 1. The van der Waals surface area contributed by atoms with E-state index in [0.717, 1.165) is 5.32 Å². The first-order valence-electron chi connectivity index (χ1n) is 2.38. The SMILES string of the molecule is [Cl-].[Mn+][CH2]c1ccncc1. The van der Waals surface area contributed by atoms with Gasteiger partial charge in [0.1, 0.15) is 0 Å². The number of halogens is 1. The van der Waals surface area contributed by atoms with E-state index in [9.17, 15) is 0 Å². The summed E-state index contributed by atoms with van der Waals surface area (Å²) in [6, 6.07) is 3.96. The summed E-state index contributed by atoms with van der Waals surface area (Å²) < 4.78 is 0. The second kappa shape index (κ2) is 4.80. The van der Waals surface area contributed by atoms with Crippen molar-refractivity contribution >= 4 is 0 Å². The van der Waals surface area contributed by atoms with Crippen molar-refractivity contribution in [3.63, 3.8) is 0 Å². The molecule has 0 radical (unpaired) electrons. The fourth-order valence-electron chi connectivity index (χ4n) is 0.472. The number of hydrogen-bond donors (Lipinski definition) is 0. The summed E-state index contributed by atoms with van der Waals surface area (Å²) in [5.74, 6) is 0. The Kier molecular flexibility index (Phi) is 4.78. The van der Waals surface area contributed by atoms with Crippen molar-refractivity contribution in [3.05, 3.63) is 30.1 Å². The zero-order valence-corrected chi connectivity index (χ0v) is 6.66. The molecule has 0 aromatic carbocycles. The van der Waals surface area contributed by atoms with E-state index in [-0.39, 0.29) is 12.4 Å². The van der Waals surface area contributed by atoms with Gasteiger partial charge in [0.25, 0.3) is 0 Å². The summed E-state index contributed by atoms with van der Waals surface area (Å²) in [6.45, 7) is 0. The van der Waals surface area contributed by atoms with Crippen molar-refractivity contribution in [2.45, 2.75) is 5.32 Å². The zero-order chi connectivity index (χ0) is 5.82. The van der Waals surface area contributed by atoms with Gasteiger partial charge in [-0.3, -0.25) is 0 Å². The monoisotopic (exact) mass is 182 g/mol. The van der Waals surface area contributed by atoms with Crippen molar-refractivity contribution in [2.24, 2.45) is 0 Å². The Morgan fingerprint density at radius 2 is 1.89 bits per heavy atom. The Balaban J connectivity index is 0.000000640. The molecule has 1 nitrogen and oxygen atoms in total. The summed E-state index contributed by atoms with van der Waals surface area (Å²) in [4.78, 5) is 3.87. The van der Waals surface area contributed by atoms with Crippen LogP contribution in [0.4, 0.5) is 0 Å². The van der Waals surface area contributed by atoms with E-state index < -0.39 is 0 Å². The van der Waals surface area contributed by atoms with Crippen LogP contribution in [0, 0.1) is 0 Å². The zero-order valence-electron chi connectivity index (χ0n) is 4.72. The van der Waals surface area contributed by atoms with Gasteiger partial charge in [0, 0.05) is 0 Å². The summed E-state index contributed by atoms with van der Waals surface area (Å²) >= 11 is 3.33. The van der Waals surface area contributed by atoms with Crippen LogP contribution in [0.5, 0.6) is 0 Å². The first-order chi connectivity index (χ1) is 3.93. The van der Waals surface area contributed by atoms with Crippen LogP contribution < -0.4 is 12.4 Å². The Morgan fingerprint density at radius 1 is 1.33 bits per heavy atom. The molecule has 1 rings (SSSR count). The molecule has 3 heteroatoms. The van der Waals surface area contributed by atoms with Crippen LogP contribution in [0.15, 0.2) is 24.5 Å². The van der Waals surface area contributed by atoms with Crippen LogP contribution in [-0.2, 0) is 21.3 Å². The van der Waals surface area contributed by atoms with Gasteiger partial charge >= 0.3 is 56.4 Å². The van der Waals surface area contributed by atoms with E-state index in [2.05, 4.69) is 21.0 Å². The molecule has 0 aliphatic carbocycles. The minimum atomic E-state index is 0. The Hall–Kier alpha value is -0.0405. The molecule has 0 N–H and O–H groups in total. The van der Waals surface area contributed by atoms with E-state index in [1.165, 1.54) is 5.56 Å². The normalized spacial score (nSPS) is 8.00. The van der Waals surface area contributed by atoms with E-state index in [0.29, 0.717) is 0 Å². The van der Waals surface area contributed by atoms with Gasteiger partial charge in [-0.05, 0) is 0 Å². The van der Waals surface area contributed by atoms with Crippen LogP contribution in [0.2, 0.25) is 0 Å². The van der Waals surface area contributed by atoms with Crippen molar-refractivity contribution in [1.82, 2.24) is 4.98 Å². The third kappa shape index (κ3) is 2.85. The van der Waals surface area contributed by atoms with E-state index in [1.807, 2.05) is 12.1 Å². The molecule has 0 bridgehead atoms. The molecule has 0 amide bonds. The second-order valence-electron chi connectivity index (χ2n) is 1.49. The maximum absolute atomic E-state index is 3.87. The van der Waals surface area contributed by atoms with Gasteiger partial charge in [0.2, 0.25) is 0 Å². The Bertz CT molecular complexity index is 154. The third-order valence-corrected chi connectivity index (χ3v) is 1.39. The molecule has 1 aromatic heterocycles. The summed E-state index contributed by atoms with van der Waals surface area (Å²) in [7, 11) is 0. The molecule has 1 heterocycles. The molecule has 0 saturated carbocycles. The quantitative estimate of drug-likeness (QED) is 0.464. The van der Waals surface area contributed by atoms with Gasteiger partial charge in [-0.15, -0.1) is 0 Å². The number of pyridine rings is 1. The van der Waals surface area contributed by atoms with Crippen LogP contribution >= 0.6 is 0 Å². The summed E-state index contributed by atoms with van der Waals surface area (Å²) in [5.41, 5.74) is 1.26. The topological polar surface area (TPSA) is 12.9 Å². The van der Waals surface area contributed by atoms with Crippen LogP contribution in [-0.4, -0.2) is 4.98 Å². The van der Waals surface area contributed by atoms with E-state index in [4.69, 9.17) is 0 Å². The van der Waals surface area contributed by atoms with Gasteiger partial charge in [0.05, 0.1) is 0 Å². The molecular formula is C6H6ClMnN. The third-order valence-electron chi connectivity index (χ3n) is 0.904. The van der Waals surface area contributed by atoms with Gasteiger partial charge in [-0.1, -0.05) is 0 Å². The number of aromatic nitrogens is 1. The van der Waals surface area contributed by atoms with Gasteiger partial charge < -0.3 is 12.4 Å². The summed E-state index contributed by atoms with van der Waals surface area (Å²) in [5, 5.41) is 0.912. The summed E-state index contributed by atoms with van der Waals surface area (Å²) in [6.07, 6.45) is 3.58. The molecule has 0 spiro atoms. The predicted molar refractivity (Wildman–Crippen MR) is 27.9 cm³/mol. The molecule has 0 unspecified atom stereocenters. The van der Waals surface area contributed by atoms with Crippen molar-refractivity contribution in [3.8, 4) is 0 Å². The van der Waals surface area contributed by atoms with Crippen LogP contribution in [0.1, 0.15) is 5.56 Å². The Labute approximate surface area is 69.1 Å². The van der Waals surface area contributed by atoms with Gasteiger partial charge in [-0.25, -0.2) is 0 Å². The molecule has 0 fully saturated rings. The first-order valence-corrected chi connectivity index (χ1v) is 3.22. The molecule has 1 aromatic rings. The standard InChI is InChI=1S/C6H6N.ClH.Mn/c1-6-2-4-7-5-3-6;;/h2-5H,1H2;1H;/q;;+1/p-1. The van der Waals surface area contributed by atoms with Crippen LogP contribution in [0.3, 0.4) is 0 Å². The first kappa shape index (κ1) is 8.96. The van der Waals surface area contributed by atoms with Crippen molar-refractivity contribution in [2.75, 3.05) is 0 Å².